The zero-order chi connectivity index (χ0) is 14.9. The van der Waals surface area contributed by atoms with Crippen molar-refractivity contribution in [2.45, 2.75) is 18.6 Å². The van der Waals surface area contributed by atoms with E-state index in [1.54, 1.807) is 0 Å². The standard InChI is InChI=1S/C12H13F4N3O/c1-18(10-8(13)3-2-5-17-10)9-4-6-19(11(9)20)7-12(14,15)16/h2-3,5,9H,4,6-7H2,1H3/t9-/m0/s1. The van der Waals surface area contributed by atoms with Crippen LogP contribution in [0.4, 0.5) is 23.4 Å². The van der Waals surface area contributed by atoms with Crippen LogP contribution >= 0.6 is 0 Å². The Morgan fingerprint density at radius 2 is 2.20 bits per heavy atom. The highest BCUT2D eigenvalue weighted by Crippen LogP contribution is 2.25. The van der Waals surface area contributed by atoms with E-state index in [2.05, 4.69) is 4.98 Å². The van der Waals surface area contributed by atoms with Gasteiger partial charge < -0.3 is 9.80 Å². The van der Waals surface area contributed by atoms with Crippen molar-refractivity contribution >= 4 is 11.7 Å². The van der Waals surface area contributed by atoms with Gasteiger partial charge in [0, 0.05) is 19.8 Å². The maximum Gasteiger partial charge on any atom is 0.406 e. The molecule has 1 fully saturated rings. The van der Waals surface area contributed by atoms with Crippen LogP contribution < -0.4 is 4.90 Å². The first-order valence-electron chi connectivity index (χ1n) is 5.98. The Morgan fingerprint density at radius 1 is 1.50 bits per heavy atom. The number of pyridine rings is 1. The Hall–Kier alpha value is -1.86. The van der Waals surface area contributed by atoms with Crippen molar-refractivity contribution in [3.05, 3.63) is 24.1 Å². The molecule has 1 aromatic rings. The molecule has 8 heteroatoms. The summed E-state index contributed by atoms with van der Waals surface area (Å²) < 4.78 is 50.5. The lowest BCUT2D eigenvalue weighted by Crippen LogP contribution is -2.43. The maximum absolute atomic E-state index is 13.6. The molecule has 1 atom stereocenters. The lowest BCUT2D eigenvalue weighted by molar-refractivity contribution is -0.157. The topological polar surface area (TPSA) is 36.4 Å². The fraction of sp³-hybridized carbons (Fsp3) is 0.500. The van der Waals surface area contributed by atoms with Gasteiger partial charge in [-0.25, -0.2) is 9.37 Å². The third kappa shape index (κ3) is 3.00. The second-order valence-corrected chi connectivity index (χ2v) is 4.60. The number of carbonyl (C=O) groups is 1. The predicted molar refractivity (Wildman–Crippen MR) is 63.6 cm³/mol. The van der Waals surface area contributed by atoms with Crippen molar-refractivity contribution < 1.29 is 22.4 Å². The van der Waals surface area contributed by atoms with Crippen molar-refractivity contribution in [2.24, 2.45) is 0 Å². The molecule has 1 aliphatic rings. The van der Waals surface area contributed by atoms with Gasteiger partial charge in [-0.3, -0.25) is 4.79 Å². The SMILES string of the molecule is CN(c1ncccc1F)[C@H]1CCN(CC(F)(F)F)C1=O. The summed E-state index contributed by atoms with van der Waals surface area (Å²) in [7, 11) is 1.45. The smallest absolute Gasteiger partial charge is 0.345 e. The molecule has 4 nitrogen and oxygen atoms in total. The molecule has 0 radical (unpaired) electrons. The van der Waals surface area contributed by atoms with Gasteiger partial charge in [0.05, 0.1) is 0 Å². The fourth-order valence-corrected chi connectivity index (χ4v) is 2.24. The van der Waals surface area contributed by atoms with Crippen LogP contribution in [0.5, 0.6) is 0 Å². The number of halogens is 4. The molecule has 0 aliphatic carbocycles. The zero-order valence-corrected chi connectivity index (χ0v) is 10.7. The number of carbonyl (C=O) groups excluding carboxylic acids is 1. The van der Waals surface area contributed by atoms with Crippen LogP contribution in [0.15, 0.2) is 18.3 Å². The first kappa shape index (κ1) is 14.5. The van der Waals surface area contributed by atoms with Crippen LogP contribution in [0.1, 0.15) is 6.42 Å². The van der Waals surface area contributed by atoms with Gasteiger partial charge in [-0.05, 0) is 18.6 Å². The Balaban J connectivity index is 2.12. The van der Waals surface area contributed by atoms with E-state index in [4.69, 9.17) is 0 Å². The minimum absolute atomic E-state index is 0.00179. The Morgan fingerprint density at radius 3 is 2.80 bits per heavy atom. The molecule has 0 saturated carbocycles. The van der Waals surface area contributed by atoms with Crippen molar-refractivity contribution in [2.75, 3.05) is 25.0 Å². The minimum Gasteiger partial charge on any atom is -0.345 e. The van der Waals surface area contributed by atoms with E-state index >= 15 is 0 Å². The molecule has 0 N–H and O–H groups in total. The summed E-state index contributed by atoms with van der Waals surface area (Å²) in [6.45, 7) is -1.28. The summed E-state index contributed by atoms with van der Waals surface area (Å²) in [5.41, 5.74) is 0. The van der Waals surface area contributed by atoms with Gasteiger partial charge in [0.15, 0.2) is 11.6 Å². The predicted octanol–water partition coefficient (Wildman–Crippen LogP) is 1.82. The fourth-order valence-electron chi connectivity index (χ4n) is 2.24. The number of amides is 1. The van der Waals surface area contributed by atoms with E-state index < -0.39 is 30.5 Å². The quantitative estimate of drug-likeness (QED) is 0.797. The highest BCUT2D eigenvalue weighted by Gasteiger charge is 2.41. The van der Waals surface area contributed by atoms with Crippen molar-refractivity contribution in [1.82, 2.24) is 9.88 Å². The summed E-state index contributed by atoms with van der Waals surface area (Å²) in [6.07, 6.45) is -2.86. The van der Waals surface area contributed by atoms with Gasteiger partial charge in [-0.15, -0.1) is 0 Å². The largest absolute Gasteiger partial charge is 0.406 e. The van der Waals surface area contributed by atoms with Crippen LogP contribution in [0.25, 0.3) is 0 Å². The summed E-state index contributed by atoms with van der Waals surface area (Å²) in [4.78, 5) is 17.8. The molecular weight excluding hydrogens is 278 g/mol. The normalized spacial score (nSPS) is 19.6. The Bertz CT molecular complexity index is 506. The van der Waals surface area contributed by atoms with Crippen molar-refractivity contribution in [1.29, 1.82) is 0 Å². The van der Waals surface area contributed by atoms with E-state index in [0.717, 1.165) is 4.90 Å². The van der Waals surface area contributed by atoms with Gasteiger partial charge in [-0.1, -0.05) is 0 Å². The van der Waals surface area contributed by atoms with Crippen molar-refractivity contribution in [3.8, 4) is 0 Å². The van der Waals surface area contributed by atoms with E-state index in [1.165, 1.54) is 30.3 Å². The van der Waals surface area contributed by atoms with Crippen LogP contribution in [0.2, 0.25) is 0 Å². The molecule has 20 heavy (non-hydrogen) atoms. The van der Waals surface area contributed by atoms with Crippen molar-refractivity contribution in [3.63, 3.8) is 0 Å². The van der Waals surface area contributed by atoms with Crippen LogP contribution in [-0.4, -0.2) is 48.1 Å². The van der Waals surface area contributed by atoms with Gasteiger partial charge in [0.2, 0.25) is 5.91 Å². The second kappa shape index (κ2) is 5.26. The summed E-state index contributed by atoms with van der Waals surface area (Å²) >= 11 is 0. The zero-order valence-electron chi connectivity index (χ0n) is 10.7. The molecule has 0 aromatic carbocycles. The first-order valence-corrected chi connectivity index (χ1v) is 5.98. The molecule has 0 unspecified atom stereocenters. The molecule has 2 rings (SSSR count). The third-order valence-electron chi connectivity index (χ3n) is 3.18. The average Bonchev–Trinajstić information content (AvgIpc) is 2.69. The molecule has 2 heterocycles. The molecule has 1 saturated heterocycles. The highest BCUT2D eigenvalue weighted by molar-refractivity contribution is 5.87. The number of likely N-dealkylation sites (tertiary alicyclic amines) is 1. The van der Waals surface area contributed by atoms with E-state index in [0.29, 0.717) is 0 Å². The molecule has 1 aromatic heterocycles. The first-order chi connectivity index (χ1) is 9.29. The van der Waals surface area contributed by atoms with Gasteiger partial charge in [-0.2, -0.15) is 13.2 Å². The summed E-state index contributed by atoms with van der Waals surface area (Å²) in [6, 6.07) is 1.77. The Labute approximate surface area is 113 Å². The molecule has 0 spiro atoms. The molecule has 1 amide bonds. The number of alkyl halides is 3. The molecule has 110 valence electrons. The highest BCUT2D eigenvalue weighted by atomic mass is 19.4. The lowest BCUT2D eigenvalue weighted by Gasteiger charge is -2.25. The number of likely N-dealkylation sites (N-methyl/N-ethyl adjacent to an activating group) is 1. The van der Waals surface area contributed by atoms with Crippen LogP contribution in [0.3, 0.4) is 0 Å². The number of hydrogen-bond acceptors (Lipinski definition) is 3. The third-order valence-corrected chi connectivity index (χ3v) is 3.18. The molecule has 0 bridgehead atoms. The molecular formula is C12H13F4N3O. The van der Waals surface area contributed by atoms with Gasteiger partial charge in [0.1, 0.15) is 12.6 Å². The van der Waals surface area contributed by atoms with Gasteiger partial charge >= 0.3 is 6.18 Å². The molecule has 1 aliphatic heterocycles. The van der Waals surface area contributed by atoms with E-state index in [9.17, 15) is 22.4 Å². The maximum atomic E-state index is 13.6. The number of aromatic nitrogens is 1. The Kier molecular flexibility index (Phi) is 3.82. The van der Waals surface area contributed by atoms with Crippen LogP contribution in [-0.2, 0) is 4.79 Å². The number of nitrogens with zero attached hydrogens (tertiary/aromatic N) is 3. The minimum atomic E-state index is -4.43. The van der Waals surface area contributed by atoms with Crippen LogP contribution in [0, 0.1) is 5.82 Å². The van der Waals surface area contributed by atoms with Gasteiger partial charge in [0.25, 0.3) is 0 Å². The number of anilines is 1. The van der Waals surface area contributed by atoms with E-state index in [1.807, 2.05) is 0 Å². The number of hydrogen-bond donors (Lipinski definition) is 0. The summed E-state index contributed by atoms with van der Waals surface area (Å²) in [5, 5.41) is 0. The lowest BCUT2D eigenvalue weighted by atomic mass is 10.2. The second-order valence-electron chi connectivity index (χ2n) is 4.60. The number of rotatable bonds is 3. The van der Waals surface area contributed by atoms with E-state index in [-0.39, 0.29) is 18.8 Å². The average molecular weight is 291 g/mol. The summed E-state index contributed by atoms with van der Waals surface area (Å²) in [5.74, 6) is -1.31. The monoisotopic (exact) mass is 291 g/mol.